The van der Waals surface area contributed by atoms with E-state index in [9.17, 15) is 19.2 Å². The first-order valence-electron chi connectivity index (χ1n) is 7.57. The number of carbonyl (C=O) groups excluding carboxylic acids is 3. The van der Waals surface area contributed by atoms with Crippen LogP contribution in [-0.4, -0.2) is 37.0 Å². The molecule has 0 radical (unpaired) electrons. The third-order valence-electron chi connectivity index (χ3n) is 3.52. The lowest BCUT2D eigenvalue weighted by Gasteiger charge is -2.16. The number of benzene rings is 1. The number of nitrogens with zero attached hydrogens (tertiary/aromatic N) is 1. The van der Waals surface area contributed by atoms with Crippen LogP contribution in [-0.2, 0) is 27.4 Å². The Morgan fingerprint density at radius 2 is 1.73 bits per heavy atom. The quantitative estimate of drug-likeness (QED) is 0.541. The molecule has 2 rings (SSSR count). The van der Waals surface area contributed by atoms with E-state index in [0.29, 0.717) is 6.29 Å². The normalized spacial score (nSPS) is 10.1. The van der Waals surface area contributed by atoms with Crippen molar-refractivity contribution in [1.82, 2.24) is 4.57 Å². The summed E-state index contributed by atoms with van der Waals surface area (Å²) in [5.74, 6) is -2.16. The van der Waals surface area contributed by atoms with Crippen molar-refractivity contribution in [2.45, 2.75) is 13.2 Å². The molecule has 0 atom stereocenters. The number of aromatic nitrogens is 1. The molecule has 1 aromatic heterocycles. The maximum absolute atomic E-state index is 12.7. The van der Waals surface area contributed by atoms with Crippen LogP contribution in [0.3, 0.4) is 0 Å². The van der Waals surface area contributed by atoms with Gasteiger partial charge in [-0.05, 0) is 5.56 Å². The van der Waals surface area contributed by atoms with Crippen molar-refractivity contribution < 1.29 is 28.6 Å². The molecule has 0 unspecified atom stereocenters. The van der Waals surface area contributed by atoms with Crippen LogP contribution in [0.5, 0.6) is 5.75 Å². The lowest BCUT2D eigenvalue weighted by atomic mass is 10.2. The highest BCUT2D eigenvalue weighted by Gasteiger charge is 2.26. The molecule has 0 spiro atoms. The highest BCUT2D eigenvalue weighted by molar-refractivity contribution is 5.94. The number of ether oxygens (including phenoxy) is 3. The standard InChI is InChI=1S/C18H17NO7/c1-24-17(22)13-10-19(8-9-20)14(18(23)25-2)16(15(13)21)26-11-12-6-4-3-5-7-12/h3-7,9-10H,8,11H2,1-2H3. The zero-order valence-corrected chi connectivity index (χ0v) is 14.3. The lowest BCUT2D eigenvalue weighted by Crippen LogP contribution is -2.27. The maximum atomic E-state index is 12.7. The second-order valence-corrected chi connectivity index (χ2v) is 5.13. The number of esters is 2. The molecule has 0 aliphatic rings. The van der Waals surface area contributed by atoms with E-state index in [4.69, 9.17) is 4.74 Å². The highest BCUT2D eigenvalue weighted by Crippen LogP contribution is 2.18. The van der Waals surface area contributed by atoms with E-state index in [1.807, 2.05) is 6.07 Å². The first kappa shape index (κ1) is 18.9. The van der Waals surface area contributed by atoms with E-state index >= 15 is 0 Å². The summed E-state index contributed by atoms with van der Waals surface area (Å²) >= 11 is 0. The fourth-order valence-electron chi connectivity index (χ4n) is 2.29. The zero-order chi connectivity index (χ0) is 19.1. The van der Waals surface area contributed by atoms with Gasteiger partial charge in [0.2, 0.25) is 5.43 Å². The van der Waals surface area contributed by atoms with Crippen LogP contribution in [0.15, 0.2) is 41.3 Å². The molecule has 0 saturated carbocycles. The summed E-state index contributed by atoms with van der Waals surface area (Å²) in [5, 5.41) is 0. The molecular weight excluding hydrogens is 342 g/mol. The van der Waals surface area contributed by atoms with Crippen molar-refractivity contribution in [3.8, 4) is 5.75 Å². The van der Waals surface area contributed by atoms with Crippen LogP contribution in [0.25, 0.3) is 0 Å². The summed E-state index contributed by atoms with van der Waals surface area (Å²) in [6.45, 7) is -0.303. The van der Waals surface area contributed by atoms with Gasteiger partial charge in [0, 0.05) is 6.20 Å². The fourth-order valence-corrected chi connectivity index (χ4v) is 2.29. The molecule has 8 heteroatoms. The van der Waals surface area contributed by atoms with Gasteiger partial charge in [-0.1, -0.05) is 30.3 Å². The molecule has 1 heterocycles. The SMILES string of the molecule is COC(=O)c1cn(CC=O)c(C(=O)OC)c(OCc2ccccc2)c1=O. The molecule has 8 nitrogen and oxygen atoms in total. The molecule has 0 N–H and O–H groups in total. The van der Waals surface area contributed by atoms with Crippen molar-refractivity contribution in [2.75, 3.05) is 14.2 Å². The minimum atomic E-state index is -0.907. The monoisotopic (exact) mass is 359 g/mol. The number of methoxy groups -OCH3 is 2. The molecule has 1 aromatic carbocycles. The van der Waals surface area contributed by atoms with E-state index in [-0.39, 0.29) is 30.2 Å². The predicted octanol–water partition coefficient (Wildman–Crippen LogP) is 1.20. The second kappa shape index (κ2) is 8.61. The van der Waals surface area contributed by atoms with Crippen molar-refractivity contribution in [2.24, 2.45) is 0 Å². The van der Waals surface area contributed by atoms with Crippen molar-refractivity contribution in [3.63, 3.8) is 0 Å². The smallest absolute Gasteiger partial charge is 0.358 e. The van der Waals surface area contributed by atoms with E-state index in [1.54, 1.807) is 24.3 Å². The summed E-state index contributed by atoms with van der Waals surface area (Å²) in [7, 11) is 2.25. The Balaban J connectivity index is 2.61. The lowest BCUT2D eigenvalue weighted by molar-refractivity contribution is -0.108. The number of hydrogen-bond acceptors (Lipinski definition) is 7. The van der Waals surface area contributed by atoms with Gasteiger partial charge in [0.15, 0.2) is 11.4 Å². The molecule has 26 heavy (non-hydrogen) atoms. The minimum absolute atomic E-state index is 0.0220. The summed E-state index contributed by atoms with van der Waals surface area (Å²) < 4.78 is 15.9. The summed E-state index contributed by atoms with van der Waals surface area (Å²) in [5.41, 5.74) is -0.693. The molecule has 0 amide bonds. The Morgan fingerprint density at radius 3 is 2.31 bits per heavy atom. The minimum Gasteiger partial charge on any atom is -0.482 e. The van der Waals surface area contributed by atoms with Crippen molar-refractivity contribution >= 4 is 18.2 Å². The second-order valence-electron chi connectivity index (χ2n) is 5.13. The van der Waals surface area contributed by atoms with Gasteiger partial charge in [0.1, 0.15) is 18.5 Å². The molecule has 136 valence electrons. The van der Waals surface area contributed by atoms with Crippen LogP contribution in [0.4, 0.5) is 0 Å². The topological polar surface area (TPSA) is 101 Å². The summed E-state index contributed by atoms with van der Waals surface area (Å²) in [6, 6.07) is 8.93. The van der Waals surface area contributed by atoms with E-state index < -0.39 is 17.4 Å². The average Bonchev–Trinajstić information content (AvgIpc) is 2.67. The van der Waals surface area contributed by atoms with Crippen LogP contribution in [0.2, 0.25) is 0 Å². The van der Waals surface area contributed by atoms with Crippen molar-refractivity contribution in [3.05, 3.63) is 63.6 Å². The number of rotatable bonds is 7. The van der Waals surface area contributed by atoms with Gasteiger partial charge in [-0.15, -0.1) is 0 Å². The van der Waals surface area contributed by atoms with E-state index in [0.717, 1.165) is 30.5 Å². The molecular formula is C18H17NO7. The maximum Gasteiger partial charge on any atom is 0.358 e. The molecule has 2 aromatic rings. The van der Waals surface area contributed by atoms with Gasteiger partial charge in [-0.3, -0.25) is 4.79 Å². The Morgan fingerprint density at radius 1 is 1.08 bits per heavy atom. The zero-order valence-electron chi connectivity index (χ0n) is 14.3. The Kier molecular flexibility index (Phi) is 6.26. The number of aldehydes is 1. The molecule has 0 fully saturated rings. The highest BCUT2D eigenvalue weighted by atomic mass is 16.5. The van der Waals surface area contributed by atoms with Crippen molar-refractivity contribution in [1.29, 1.82) is 0 Å². The first-order chi connectivity index (χ1) is 12.5. The Bertz CT molecular complexity index is 871. The van der Waals surface area contributed by atoms with Crippen LogP contribution < -0.4 is 10.2 Å². The van der Waals surface area contributed by atoms with Crippen LogP contribution >= 0.6 is 0 Å². The van der Waals surface area contributed by atoms with Gasteiger partial charge >= 0.3 is 11.9 Å². The van der Waals surface area contributed by atoms with Crippen LogP contribution in [0, 0.1) is 0 Å². The van der Waals surface area contributed by atoms with Gasteiger partial charge in [0.05, 0.1) is 20.8 Å². The Hall–Kier alpha value is -3.42. The third kappa shape index (κ3) is 3.97. The van der Waals surface area contributed by atoms with E-state index in [2.05, 4.69) is 9.47 Å². The number of hydrogen-bond donors (Lipinski definition) is 0. The summed E-state index contributed by atoms with van der Waals surface area (Å²) in [4.78, 5) is 47.6. The molecule has 0 saturated heterocycles. The Labute approximate surface area is 148 Å². The largest absolute Gasteiger partial charge is 0.482 e. The first-order valence-corrected chi connectivity index (χ1v) is 7.57. The third-order valence-corrected chi connectivity index (χ3v) is 3.52. The van der Waals surface area contributed by atoms with Gasteiger partial charge < -0.3 is 23.6 Å². The summed E-state index contributed by atoms with van der Waals surface area (Å²) in [6.07, 6.45) is 1.59. The van der Waals surface area contributed by atoms with Gasteiger partial charge in [0.25, 0.3) is 0 Å². The predicted molar refractivity (Wildman–Crippen MR) is 90.2 cm³/mol. The van der Waals surface area contributed by atoms with Gasteiger partial charge in [-0.2, -0.15) is 0 Å². The van der Waals surface area contributed by atoms with Gasteiger partial charge in [-0.25, -0.2) is 9.59 Å². The average molecular weight is 359 g/mol. The molecule has 0 aliphatic heterocycles. The number of carbonyl (C=O) groups is 3. The molecule has 0 bridgehead atoms. The van der Waals surface area contributed by atoms with Crippen LogP contribution in [0.1, 0.15) is 26.4 Å². The molecule has 0 aliphatic carbocycles. The number of pyridine rings is 1. The fraction of sp³-hybridized carbons (Fsp3) is 0.222. The van der Waals surface area contributed by atoms with E-state index in [1.165, 1.54) is 0 Å².